The minimum absolute atomic E-state index is 0.0286. The molecule has 0 spiro atoms. The number of carbonyl (C=O) groups is 1. The zero-order chi connectivity index (χ0) is 14.0. The normalized spacial score (nSPS) is 21.2. The van der Waals surface area contributed by atoms with Gasteiger partial charge in [0, 0.05) is 25.2 Å². The van der Waals surface area contributed by atoms with Crippen molar-refractivity contribution in [2.45, 2.75) is 19.1 Å². The largest absolute Gasteiger partial charge is 0.373 e. The Morgan fingerprint density at radius 3 is 2.89 bits per heavy atom. The van der Waals surface area contributed by atoms with E-state index in [1.54, 1.807) is 6.92 Å². The summed E-state index contributed by atoms with van der Waals surface area (Å²) in [4.78, 5) is 40.3. The van der Waals surface area contributed by atoms with Crippen LogP contribution in [0.1, 0.15) is 17.4 Å². The molecule has 1 saturated heterocycles. The molecule has 0 aromatic carbocycles. The van der Waals surface area contributed by atoms with Crippen molar-refractivity contribution in [1.29, 1.82) is 0 Å². The standard InChI is InChI=1S/C11H16N4O4/c1-6(12)8-5-15(2-3-19-8)10(17)7-4-9(16)14-11(18)13-7/h4,6,8H,2-3,5,12H2,1H3,(H2,13,14,16,18). The molecule has 0 bridgehead atoms. The van der Waals surface area contributed by atoms with Gasteiger partial charge in [-0.3, -0.25) is 14.6 Å². The van der Waals surface area contributed by atoms with Gasteiger partial charge in [-0.2, -0.15) is 0 Å². The van der Waals surface area contributed by atoms with Gasteiger partial charge in [0.05, 0.1) is 12.7 Å². The molecular formula is C11H16N4O4. The molecule has 2 heterocycles. The van der Waals surface area contributed by atoms with E-state index in [1.165, 1.54) is 4.90 Å². The van der Waals surface area contributed by atoms with Crippen LogP contribution in [0.5, 0.6) is 0 Å². The van der Waals surface area contributed by atoms with E-state index in [0.29, 0.717) is 19.7 Å². The fraction of sp³-hybridized carbons (Fsp3) is 0.545. The van der Waals surface area contributed by atoms with Crippen molar-refractivity contribution in [2.24, 2.45) is 5.73 Å². The van der Waals surface area contributed by atoms with E-state index in [2.05, 4.69) is 4.98 Å². The van der Waals surface area contributed by atoms with Crippen LogP contribution >= 0.6 is 0 Å². The summed E-state index contributed by atoms with van der Waals surface area (Å²) in [5, 5.41) is 0. The number of nitrogens with one attached hydrogen (secondary N) is 2. The first kappa shape index (κ1) is 13.5. The molecule has 1 fully saturated rings. The third kappa shape index (κ3) is 3.09. The molecule has 2 atom stereocenters. The van der Waals surface area contributed by atoms with Crippen LogP contribution in [0.4, 0.5) is 0 Å². The maximum absolute atomic E-state index is 12.2. The molecule has 2 unspecified atom stereocenters. The summed E-state index contributed by atoms with van der Waals surface area (Å²) in [5.74, 6) is -0.405. The number of nitrogens with zero attached hydrogens (tertiary/aromatic N) is 1. The molecule has 8 heteroatoms. The van der Waals surface area contributed by atoms with Crippen molar-refractivity contribution in [2.75, 3.05) is 19.7 Å². The number of amides is 1. The molecule has 1 aliphatic heterocycles. The molecule has 1 aromatic heterocycles. The minimum Gasteiger partial charge on any atom is -0.373 e. The fourth-order valence-electron chi connectivity index (χ4n) is 1.93. The highest BCUT2D eigenvalue weighted by molar-refractivity contribution is 5.92. The fourth-order valence-corrected chi connectivity index (χ4v) is 1.93. The van der Waals surface area contributed by atoms with Crippen molar-refractivity contribution in [3.05, 3.63) is 32.6 Å². The topological polar surface area (TPSA) is 121 Å². The first-order chi connectivity index (χ1) is 8.97. The van der Waals surface area contributed by atoms with Crippen LogP contribution < -0.4 is 17.0 Å². The predicted molar refractivity (Wildman–Crippen MR) is 67.0 cm³/mol. The van der Waals surface area contributed by atoms with Crippen LogP contribution in [0.3, 0.4) is 0 Å². The maximum Gasteiger partial charge on any atom is 0.326 e. The lowest BCUT2D eigenvalue weighted by molar-refractivity contribution is -0.0301. The SMILES string of the molecule is CC(N)C1CN(C(=O)c2cc(=O)[nH]c(=O)[nH]2)CCO1. The third-order valence-corrected chi connectivity index (χ3v) is 2.96. The number of hydrogen-bond donors (Lipinski definition) is 3. The molecule has 1 amide bonds. The Kier molecular flexibility index (Phi) is 3.82. The van der Waals surface area contributed by atoms with Crippen LogP contribution in [0.25, 0.3) is 0 Å². The molecule has 2 rings (SSSR count). The van der Waals surface area contributed by atoms with E-state index in [9.17, 15) is 14.4 Å². The first-order valence-electron chi connectivity index (χ1n) is 5.97. The number of H-pyrrole nitrogens is 2. The number of morpholine rings is 1. The summed E-state index contributed by atoms with van der Waals surface area (Å²) in [6.45, 7) is 2.92. The molecule has 1 aliphatic rings. The molecule has 0 aliphatic carbocycles. The second kappa shape index (κ2) is 5.37. The van der Waals surface area contributed by atoms with E-state index in [4.69, 9.17) is 10.5 Å². The number of hydrogen-bond acceptors (Lipinski definition) is 5. The monoisotopic (exact) mass is 268 g/mol. The molecular weight excluding hydrogens is 252 g/mol. The zero-order valence-electron chi connectivity index (χ0n) is 10.5. The highest BCUT2D eigenvalue weighted by atomic mass is 16.5. The van der Waals surface area contributed by atoms with Gasteiger partial charge in [0.15, 0.2) is 0 Å². The third-order valence-electron chi connectivity index (χ3n) is 2.96. The second-order valence-electron chi connectivity index (χ2n) is 4.52. The average Bonchev–Trinajstić information content (AvgIpc) is 2.37. The highest BCUT2D eigenvalue weighted by Gasteiger charge is 2.27. The second-order valence-corrected chi connectivity index (χ2v) is 4.52. The van der Waals surface area contributed by atoms with E-state index >= 15 is 0 Å². The molecule has 0 radical (unpaired) electrons. The first-order valence-corrected chi connectivity index (χ1v) is 5.97. The van der Waals surface area contributed by atoms with Crippen LogP contribution in [0.2, 0.25) is 0 Å². The van der Waals surface area contributed by atoms with Crippen molar-refractivity contribution in [1.82, 2.24) is 14.9 Å². The van der Waals surface area contributed by atoms with Gasteiger partial charge in [-0.05, 0) is 6.92 Å². The predicted octanol–water partition coefficient (Wildman–Crippen LogP) is -1.75. The maximum atomic E-state index is 12.2. The van der Waals surface area contributed by atoms with Gasteiger partial charge >= 0.3 is 5.69 Å². The number of aromatic nitrogens is 2. The molecule has 4 N–H and O–H groups in total. The molecule has 104 valence electrons. The van der Waals surface area contributed by atoms with E-state index in [0.717, 1.165) is 6.07 Å². The van der Waals surface area contributed by atoms with Crippen molar-refractivity contribution < 1.29 is 9.53 Å². The Balaban J connectivity index is 2.19. The van der Waals surface area contributed by atoms with Crippen LogP contribution in [-0.4, -0.2) is 52.6 Å². The minimum atomic E-state index is -0.701. The molecule has 1 aromatic rings. The quantitative estimate of drug-likeness (QED) is 0.587. The van der Waals surface area contributed by atoms with Gasteiger partial charge in [0.1, 0.15) is 5.69 Å². The van der Waals surface area contributed by atoms with E-state index in [-0.39, 0.29) is 17.8 Å². The average molecular weight is 268 g/mol. The van der Waals surface area contributed by atoms with E-state index < -0.39 is 17.2 Å². The van der Waals surface area contributed by atoms with Crippen LogP contribution in [-0.2, 0) is 4.74 Å². The van der Waals surface area contributed by atoms with Gasteiger partial charge < -0.3 is 20.4 Å². The van der Waals surface area contributed by atoms with Gasteiger partial charge in [-0.25, -0.2) is 4.79 Å². The Morgan fingerprint density at radius 1 is 1.53 bits per heavy atom. The number of rotatable bonds is 2. The summed E-state index contributed by atoms with van der Waals surface area (Å²) in [5.41, 5.74) is 4.40. The van der Waals surface area contributed by atoms with Crippen molar-refractivity contribution in [3.63, 3.8) is 0 Å². The Hall–Kier alpha value is -1.93. The lowest BCUT2D eigenvalue weighted by atomic mass is 10.1. The summed E-state index contributed by atoms with van der Waals surface area (Å²) in [6, 6.07) is 0.869. The van der Waals surface area contributed by atoms with Gasteiger partial charge in [0.2, 0.25) is 0 Å². The highest BCUT2D eigenvalue weighted by Crippen LogP contribution is 2.10. The number of carbonyl (C=O) groups excluding carboxylic acids is 1. The van der Waals surface area contributed by atoms with Crippen molar-refractivity contribution in [3.8, 4) is 0 Å². The lowest BCUT2D eigenvalue weighted by Crippen LogP contribution is -2.51. The van der Waals surface area contributed by atoms with Gasteiger partial charge in [-0.1, -0.05) is 0 Å². The Labute approximate surface area is 108 Å². The Bertz CT molecular complexity index is 548. The summed E-state index contributed by atoms with van der Waals surface area (Å²) in [7, 11) is 0. The number of aromatic amines is 2. The summed E-state index contributed by atoms with van der Waals surface area (Å²) < 4.78 is 5.44. The zero-order valence-corrected chi connectivity index (χ0v) is 10.5. The summed E-state index contributed by atoms with van der Waals surface area (Å²) >= 11 is 0. The van der Waals surface area contributed by atoms with Crippen LogP contribution in [0, 0.1) is 0 Å². The Morgan fingerprint density at radius 2 is 2.26 bits per heavy atom. The summed E-state index contributed by atoms with van der Waals surface area (Å²) in [6.07, 6.45) is -0.244. The van der Waals surface area contributed by atoms with Crippen molar-refractivity contribution >= 4 is 5.91 Å². The number of nitrogens with two attached hydrogens (primary N) is 1. The smallest absolute Gasteiger partial charge is 0.326 e. The van der Waals surface area contributed by atoms with E-state index in [1.807, 2.05) is 4.98 Å². The van der Waals surface area contributed by atoms with Gasteiger partial charge in [0.25, 0.3) is 11.5 Å². The molecule has 8 nitrogen and oxygen atoms in total. The molecule has 19 heavy (non-hydrogen) atoms. The number of ether oxygens (including phenoxy) is 1. The lowest BCUT2D eigenvalue weighted by Gasteiger charge is -2.34. The van der Waals surface area contributed by atoms with Crippen LogP contribution in [0.15, 0.2) is 15.7 Å². The molecule has 0 saturated carbocycles. The van der Waals surface area contributed by atoms with Gasteiger partial charge in [-0.15, -0.1) is 0 Å².